The number of likely N-dealkylation sites (N-methyl/N-ethyl adjacent to an activating group) is 1. The van der Waals surface area contributed by atoms with E-state index in [9.17, 15) is 19.5 Å². The van der Waals surface area contributed by atoms with Gasteiger partial charge in [0.2, 0.25) is 5.56 Å². The SMILES string of the molecule is CN1C(=O)C(NC(=O)c2cc(Cc3cccc(=O)[nH]3)ccn2)COc2ccc(C#CC3(O)COC3)cc21. The summed E-state index contributed by atoms with van der Waals surface area (Å²) < 4.78 is 10.8. The minimum Gasteiger partial charge on any atom is -0.489 e. The number of carbonyl (C=O) groups excluding carboxylic acids is 2. The van der Waals surface area contributed by atoms with Crippen LogP contribution in [0, 0.1) is 11.8 Å². The van der Waals surface area contributed by atoms with Gasteiger partial charge in [0.05, 0.1) is 18.9 Å². The van der Waals surface area contributed by atoms with E-state index in [1.807, 2.05) is 0 Å². The van der Waals surface area contributed by atoms with Crippen LogP contribution < -0.4 is 20.5 Å². The molecule has 0 aliphatic carbocycles. The molecule has 0 saturated carbocycles. The van der Waals surface area contributed by atoms with Gasteiger partial charge >= 0.3 is 0 Å². The lowest BCUT2D eigenvalue weighted by atomic mass is 10.0. The largest absolute Gasteiger partial charge is 0.489 e. The summed E-state index contributed by atoms with van der Waals surface area (Å²) in [6.07, 6.45) is 1.92. The zero-order valence-corrected chi connectivity index (χ0v) is 20.0. The van der Waals surface area contributed by atoms with Crippen LogP contribution in [0.2, 0.25) is 0 Å². The first kappa shape index (κ1) is 24.2. The lowest BCUT2D eigenvalue weighted by molar-refractivity contribution is -0.140. The molecule has 2 aliphatic heterocycles. The highest BCUT2D eigenvalue weighted by Crippen LogP contribution is 2.31. The first-order chi connectivity index (χ1) is 17.8. The maximum absolute atomic E-state index is 13.2. The number of anilines is 1. The number of amides is 2. The van der Waals surface area contributed by atoms with Crippen molar-refractivity contribution in [3.05, 3.63) is 87.6 Å². The Morgan fingerprint density at radius 1 is 1.24 bits per heavy atom. The maximum atomic E-state index is 13.2. The van der Waals surface area contributed by atoms with Crippen molar-refractivity contribution in [3.63, 3.8) is 0 Å². The van der Waals surface area contributed by atoms with Gasteiger partial charge in [-0.2, -0.15) is 0 Å². The minimum atomic E-state index is -1.15. The van der Waals surface area contributed by atoms with Gasteiger partial charge in [-0.3, -0.25) is 19.4 Å². The third-order valence-corrected chi connectivity index (χ3v) is 6.06. The monoisotopic (exact) mass is 500 g/mol. The van der Waals surface area contributed by atoms with E-state index in [1.165, 1.54) is 17.2 Å². The number of aromatic amines is 1. The van der Waals surface area contributed by atoms with E-state index < -0.39 is 17.6 Å². The number of ether oxygens (including phenoxy) is 2. The van der Waals surface area contributed by atoms with Gasteiger partial charge in [0.15, 0.2) is 5.60 Å². The molecule has 5 rings (SSSR count). The Labute approximate surface area is 212 Å². The lowest BCUT2D eigenvalue weighted by Gasteiger charge is -2.30. The van der Waals surface area contributed by atoms with Crippen molar-refractivity contribution in [2.45, 2.75) is 18.1 Å². The number of pyridine rings is 2. The molecule has 1 aromatic carbocycles. The predicted molar refractivity (Wildman–Crippen MR) is 133 cm³/mol. The fourth-order valence-corrected chi connectivity index (χ4v) is 3.99. The molecule has 1 unspecified atom stereocenters. The molecule has 1 saturated heterocycles. The number of hydrogen-bond donors (Lipinski definition) is 3. The highest BCUT2D eigenvalue weighted by molar-refractivity contribution is 6.03. The number of aliphatic hydroxyl groups is 1. The Morgan fingerprint density at radius 3 is 2.84 bits per heavy atom. The van der Waals surface area contributed by atoms with Gasteiger partial charge in [-0.25, -0.2) is 0 Å². The maximum Gasteiger partial charge on any atom is 0.270 e. The van der Waals surface area contributed by atoms with Gasteiger partial charge < -0.3 is 29.8 Å². The number of rotatable bonds is 4. The zero-order chi connectivity index (χ0) is 26.0. The number of nitrogens with one attached hydrogen (secondary N) is 2. The number of carbonyl (C=O) groups is 2. The van der Waals surface area contributed by atoms with Gasteiger partial charge in [0.1, 0.15) is 24.1 Å². The minimum absolute atomic E-state index is 0.0605. The van der Waals surface area contributed by atoms with Crippen LogP contribution in [0.5, 0.6) is 5.75 Å². The third kappa shape index (κ3) is 5.38. The molecule has 4 heterocycles. The smallest absolute Gasteiger partial charge is 0.270 e. The summed E-state index contributed by atoms with van der Waals surface area (Å²) >= 11 is 0. The molecular weight excluding hydrogens is 476 g/mol. The van der Waals surface area contributed by atoms with Crippen molar-refractivity contribution in [2.75, 3.05) is 31.8 Å². The van der Waals surface area contributed by atoms with E-state index in [0.717, 1.165) is 5.56 Å². The Balaban J connectivity index is 1.29. The Bertz CT molecular complexity index is 1480. The molecule has 37 heavy (non-hydrogen) atoms. The zero-order valence-electron chi connectivity index (χ0n) is 20.0. The molecule has 10 heteroatoms. The summed E-state index contributed by atoms with van der Waals surface area (Å²) in [5.74, 6) is 5.30. The molecule has 0 spiro atoms. The van der Waals surface area contributed by atoms with Crippen molar-refractivity contribution >= 4 is 17.5 Å². The van der Waals surface area contributed by atoms with Crippen LogP contribution in [0.1, 0.15) is 27.3 Å². The molecular formula is C27H24N4O6. The van der Waals surface area contributed by atoms with Crippen molar-refractivity contribution < 1.29 is 24.2 Å². The first-order valence-corrected chi connectivity index (χ1v) is 11.6. The second-order valence-electron chi connectivity index (χ2n) is 8.96. The summed E-state index contributed by atoms with van der Waals surface area (Å²) in [7, 11) is 1.60. The highest BCUT2D eigenvalue weighted by Gasteiger charge is 2.34. The number of fused-ring (bicyclic) bond motifs is 1. The number of aromatic nitrogens is 2. The molecule has 10 nitrogen and oxygen atoms in total. The van der Waals surface area contributed by atoms with Gasteiger partial charge in [0.25, 0.3) is 11.8 Å². The standard InChI is InChI=1S/C27H24N4O6/c1-31-22-13-17(7-9-27(35)15-36-16-27)5-6-23(22)37-14-21(26(31)34)30-25(33)20-12-18(8-10-28-20)11-19-3-2-4-24(32)29-19/h2-6,8,10,12-13,21,35H,11,14-16H2,1H3,(H,29,32)(H,30,33). The van der Waals surface area contributed by atoms with Crippen molar-refractivity contribution in [1.29, 1.82) is 0 Å². The van der Waals surface area contributed by atoms with Crippen LogP contribution in [-0.4, -0.2) is 65.4 Å². The summed E-state index contributed by atoms with van der Waals surface area (Å²) in [6.45, 7) is 0.268. The van der Waals surface area contributed by atoms with Crippen molar-refractivity contribution in [2.24, 2.45) is 0 Å². The van der Waals surface area contributed by atoms with Crippen molar-refractivity contribution in [3.8, 4) is 17.6 Å². The van der Waals surface area contributed by atoms with Crippen LogP contribution in [0.15, 0.2) is 59.5 Å². The van der Waals surface area contributed by atoms with E-state index in [1.54, 1.807) is 49.5 Å². The molecule has 3 aromatic rings. The molecule has 2 amide bonds. The fourth-order valence-electron chi connectivity index (χ4n) is 3.99. The Morgan fingerprint density at radius 2 is 2.08 bits per heavy atom. The predicted octanol–water partition coefficient (Wildman–Crippen LogP) is 0.627. The first-order valence-electron chi connectivity index (χ1n) is 11.6. The second-order valence-corrected chi connectivity index (χ2v) is 8.96. The second kappa shape index (κ2) is 9.89. The molecule has 0 radical (unpaired) electrons. The normalized spacial score (nSPS) is 17.8. The molecule has 2 aromatic heterocycles. The van der Waals surface area contributed by atoms with Crippen LogP contribution in [-0.2, 0) is 16.0 Å². The highest BCUT2D eigenvalue weighted by atomic mass is 16.5. The molecule has 0 bridgehead atoms. The molecule has 1 fully saturated rings. The average Bonchev–Trinajstić information content (AvgIpc) is 2.98. The van der Waals surface area contributed by atoms with E-state index in [-0.39, 0.29) is 37.0 Å². The summed E-state index contributed by atoms with van der Waals surface area (Å²) in [5.41, 5.74) is 1.38. The topological polar surface area (TPSA) is 134 Å². The molecule has 1 atom stereocenters. The lowest BCUT2D eigenvalue weighted by Crippen LogP contribution is -2.49. The molecule has 2 aliphatic rings. The Hall–Kier alpha value is -4.46. The van der Waals surface area contributed by atoms with Crippen LogP contribution >= 0.6 is 0 Å². The van der Waals surface area contributed by atoms with E-state index >= 15 is 0 Å². The molecule has 188 valence electrons. The van der Waals surface area contributed by atoms with Crippen LogP contribution in [0.4, 0.5) is 5.69 Å². The van der Waals surface area contributed by atoms with Gasteiger partial charge in [-0.15, -0.1) is 0 Å². The van der Waals surface area contributed by atoms with Crippen LogP contribution in [0.25, 0.3) is 0 Å². The van der Waals surface area contributed by atoms with Crippen molar-refractivity contribution in [1.82, 2.24) is 15.3 Å². The number of benzene rings is 1. The number of nitrogens with zero attached hydrogens (tertiary/aromatic N) is 2. The van der Waals surface area contributed by atoms with Gasteiger partial charge in [-0.1, -0.05) is 17.9 Å². The fraction of sp³-hybridized carbons (Fsp3) is 0.259. The van der Waals surface area contributed by atoms with Gasteiger partial charge in [0, 0.05) is 37.0 Å². The van der Waals surface area contributed by atoms with E-state index in [2.05, 4.69) is 27.1 Å². The number of hydrogen-bond acceptors (Lipinski definition) is 7. The van der Waals surface area contributed by atoms with Gasteiger partial charge in [-0.05, 0) is 42.0 Å². The quantitative estimate of drug-likeness (QED) is 0.448. The summed E-state index contributed by atoms with van der Waals surface area (Å²) in [6, 6.07) is 12.5. The number of H-pyrrole nitrogens is 1. The third-order valence-electron chi connectivity index (χ3n) is 6.06. The molecule has 3 N–H and O–H groups in total. The Kier molecular flexibility index (Phi) is 6.48. The van der Waals surface area contributed by atoms with Crippen LogP contribution in [0.3, 0.4) is 0 Å². The average molecular weight is 501 g/mol. The van der Waals surface area contributed by atoms with E-state index in [4.69, 9.17) is 9.47 Å². The summed E-state index contributed by atoms with van der Waals surface area (Å²) in [5, 5.41) is 12.8. The summed E-state index contributed by atoms with van der Waals surface area (Å²) in [4.78, 5) is 46.0. The van der Waals surface area contributed by atoms with E-state index in [0.29, 0.717) is 29.1 Å².